The molecule has 0 aliphatic carbocycles. The first-order valence-corrected chi connectivity index (χ1v) is 6.73. The van der Waals surface area contributed by atoms with Crippen molar-refractivity contribution in [2.45, 2.75) is 11.2 Å². The van der Waals surface area contributed by atoms with Gasteiger partial charge in [0, 0.05) is 10.4 Å². The third-order valence-electron chi connectivity index (χ3n) is 2.87. The molecule has 0 N–H and O–H groups in total. The molecule has 2 aromatic rings. The molecule has 0 aliphatic rings. The Morgan fingerprint density at radius 2 is 1.79 bits per heavy atom. The van der Waals surface area contributed by atoms with Crippen molar-refractivity contribution < 1.29 is 13.5 Å². The van der Waals surface area contributed by atoms with Crippen LogP contribution in [-0.2, 0) is 6.42 Å². The second-order valence-corrected chi connectivity index (χ2v) is 5.29. The van der Waals surface area contributed by atoms with Crippen LogP contribution < -0.4 is 4.74 Å². The molecule has 0 saturated heterocycles. The Bertz CT molecular complexity index is 555. The van der Waals surface area contributed by atoms with Crippen LogP contribution in [0.15, 0.2) is 42.5 Å². The second-order valence-electron chi connectivity index (χ2n) is 4.19. The molecule has 0 radical (unpaired) electrons. The maximum atomic E-state index is 13.6. The van der Waals surface area contributed by atoms with Crippen LogP contribution in [-0.4, -0.2) is 7.11 Å². The molecule has 1 atom stereocenters. The van der Waals surface area contributed by atoms with Crippen LogP contribution in [0.3, 0.4) is 0 Å². The fraction of sp³-hybridized carbons (Fsp3) is 0.200. The van der Waals surface area contributed by atoms with Gasteiger partial charge in [-0.2, -0.15) is 0 Å². The molecule has 0 bridgehead atoms. The van der Waals surface area contributed by atoms with Gasteiger partial charge in [-0.3, -0.25) is 0 Å². The zero-order chi connectivity index (χ0) is 13.8. The van der Waals surface area contributed by atoms with E-state index >= 15 is 0 Å². The fourth-order valence-electron chi connectivity index (χ4n) is 1.83. The van der Waals surface area contributed by atoms with Gasteiger partial charge in [0.1, 0.15) is 17.4 Å². The van der Waals surface area contributed by atoms with Crippen molar-refractivity contribution in [3.05, 3.63) is 65.2 Å². The molecule has 0 spiro atoms. The minimum absolute atomic E-state index is 0.267. The minimum atomic E-state index is -0.435. The highest BCUT2D eigenvalue weighted by atomic mass is 79.9. The molecule has 0 amide bonds. The zero-order valence-corrected chi connectivity index (χ0v) is 12.0. The van der Waals surface area contributed by atoms with Gasteiger partial charge in [-0.25, -0.2) is 8.78 Å². The highest BCUT2D eigenvalue weighted by Gasteiger charge is 2.14. The van der Waals surface area contributed by atoms with Crippen LogP contribution in [0.1, 0.15) is 16.0 Å². The summed E-state index contributed by atoms with van der Waals surface area (Å²) in [6, 6.07) is 11.0. The van der Waals surface area contributed by atoms with Gasteiger partial charge in [0.05, 0.1) is 7.11 Å². The predicted molar refractivity (Wildman–Crippen MR) is 74.7 cm³/mol. The average Bonchev–Trinajstić information content (AvgIpc) is 2.42. The Morgan fingerprint density at radius 1 is 1.11 bits per heavy atom. The first-order valence-electron chi connectivity index (χ1n) is 5.82. The Kier molecular flexibility index (Phi) is 4.53. The topological polar surface area (TPSA) is 9.23 Å². The average molecular weight is 327 g/mol. The van der Waals surface area contributed by atoms with Crippen molar-refractivity contribution in [3.8, 4) is 5.75 Å². The quantitative estimate of drug-likeness (QED) is 0.743. The first kappa shape index (κ1) is 14.0. The van der Waals surface area contributed by atoms with E-state index in [0.29, 0.717) is 12.0 Å². The van der Waals surface area contributed by atoms with E-state index in [4.69, 9.17) is 4.74 Å². The molecule has 100 valence electrons. The van der Waals surface area contributed by atoms with Gasteiger partial charge < -0.3 is 4.74 Å². The SMILES string of the molecule is COc1ccc(CC(Br)c2cc(F)ccc2F)cc1. The van der Waals surface area contributed by atoms with Crippen molar-refractivity contribution in [2.75, 3.05) is 7.11 Å². The molecule has 4 heteroatoms. The molecule has 0 aromatic heterocycles. The highest BCUT2D eigenvalue weighted by molar-refractivity contribution is 9.09. The number of hydrogen-bond donors (Lipinski definition) is 0. The van der Waals surface area contributed by atoms with Crippen LogP contribution in [0, 0.1) is 11.6 Å². The lowest BCUT2D eigenvalue weighted by Gasteiger charge is -2.12. The van der Waals surface area contributed by atoms with Crippen molar-refractivity contribution in [1.82, 2.24) is 0 Å². The third-order valence-corrected chi connectivity index (χ3v) is 3.69. The van der Waals surface area contributed by atoms with Gasteiger partial charge >= 0.3 is 0 Å². The predicted octanol–water partition coefficient (Wildman–Crippen LogP) is 4.65. The molecule has 0 saturated carbocycles. The molecule has 2 aromatic carbocycles. The fourth-order valence-corrected chi connectivity index (χ4v) is 2.56. The van der Waals surface area contributed by atoms with E-state index in [-0.39, 0.29) is 4.83 Å². The summed E-state index contributed by atoms with van der Waals surface area (Å²) in [7, 11) is 1.60. The molecule has 1 unspecified atom stereocenters. The zero-order valence-electron chi connectivity index (χ0n) is 10.4. The summed E-state index contributed by atoms with van der Waals surface area (Å²) in [5.41, 5.74) is 1.35. The van der Waals surface area contributed by atoms with Crippen LogP contribution in [0.25, 0.3) is 0 Å². The molecule has 0 fully saturated rings. The number of alkyl halides is 1. The minimum Gasteiger partial charge on any atom is -0.497 e. The smallest absolute Gasteiger partial charge is 0.127 e. The number of hydrogen-bond acceptors (Lipinski definition) is 1. The Balaban J connectivity index is 2.15. The van der Waals surface area contributed by atoms with Crippen molar-refractivity contribution >= 4 is 15.9 Å². The summed E-state index contributed by atoms with van der Waals surface area (Å²) in [6.45, 7) is 0. The monoisotopic (exact) mass is 326 g/mol. The van der Waals surface area contributed by atoms with Crippen LogP contribution in [0.5, 0.6) is 5.75 Å². The summed E-state index contributed by atoms with van der Waals surface area (Å²) in [4.78, 5) is -0.267. The summed E-state index contributed by atoms with van der Waals surface area (Å²) in [5, 5.41) is 0. The van der Waals surface area contributed by atoms with E-state index in [1.165, 1.54) is 6.07 Å². The molecular weight excluding hydrogens is 314 g/mol. The second kappa shape index (κ2) is 6.15. The molecular formula is C15H13BrF2O. The van der Waals surface area contributed by atoms with Crippen molar-refractivity contribution in [3.63, 3.8) is 0 Å². The lowest BCUT2D eigenvalue weighted by atomic mass is 10.0. The molecule has 1 nitrogen and oxygen atoms in total. The van der Waals surface area contributed by atoms with E-state index in [9.17, 15) is 8.78 Å². The normalized spacial score (nSPS) is 12.2. The Morgan fingerprint density at radius 3 is 2.42 bits per heavy atom. The van der Waals surface area contributed by atoms with Crippen molar-refractivity contribution in [1.29, 1.82) is 0 Å². The van der Waals surface area contributed by atoms with Crippen LogP contribution in [0.4, 0.5) is 8.78 Å². The van der Waals surface area contributed by atoms with E-state index in [1.807, 2.05) is 24.3 Å². The first-order chi connectivity index (χ1) is 9.10. The third kappa shape index (κ3) is 3.53. The van der Waals surface area contributed by atoms with E-state index in [0.717, 1.165) is 23.4 Å². The molecule has 19 heavy (non-hydrogen) atoms. The summed E-state index contributed by atoms with van der Waals surface area (Å²) < 4.78 is 31.8. The molecule has 2 rings (SSSR count). The Labute approximate surface area is 119 Å². The lowest BCUT2D eigenvalue weighted by molar-refractivity contribution is 0.414. The maximum Gasteiger partial charge on any atom is 0.127 e. The summed E-state index contributed by atoms with van der Waals surface area (Å²) in [6.07, 6.45) is 0.574. The largest absolute Gasteiger partial charge is 0.497 e. The lowest BCUT2D eigenvalue weighted by Crippen LogP contribution is -1.99. The van der Waals surface area contributed by atoms with E-state index in [2.05, 4.69) is 15.9 Å². The number of methoxy groups -OCH3 is 1. The van der Waals surface area contributed by atoms with Crippen LogP contribution >= 0.6 is 15.9 Å². The van der Waals surface area contributed by atoms with Gasteiger partial charge in [0.25, 0.3) is 0 Å². The number of benzene rings is 2. The summed E-state index contributed by atoms with van der Waals surface area (Å²) in [5.74, 6) is -0.0702. The highest BCUT2D eigenvalue weighted by Crippen LogP contribution is 2.30. The van der Waals surface area contributed by atoms with Crippen LogP contribution in [0.2, 0.25) is 0 Å². The number of ether oxygens (including phenoxy) is 1. The van der Waals surface area contributed by atoms with Gasteiger partial charge in [0.15, 0.2) is 0 Å². The molecule has 0 heterocycles. The Hall–Kier alpha value is -1.42. The number of halogens is 3. The van der Waals surface area contributed by atoms with Gasteiger partial charge in [0.2, 0.25) is 0 Å². The van der Waals surface area contributed by atoms with E-state index < -0.39 is 11.6 Å². The van der Waals surface area contributed by atoms with Gasteiger partial charge in [-0.05, 0) is 42.3 Å². The van der Waals surface area contributed by atoms with Gasteiger partial charge in [-0.1, -0.05) is 28.1 Å². The molecule has 0 aliphatic heterocycles. The standard InChI is InChI=1S/C15H13BrF2O/c1-19-12-5-2-10(3-6-12)8-14(16)13-9-11(17)4-7-15(13)18/h2-7,9,14H,8H2,1H3. The number of rotatable bonds is 4. The summed E-state index contributed by atoms with van der Waals surface area (Å²) >= 11 is 3.41. The van der Waals surface area contributed by atoms with E-state index in [1.54, 1.807) is 7.11 Å². The van der Waals surface area contributed by atoms with Crippen molar-refractivity contribution in [2.24, 2.45) is 0 Å². The maximum absolute atomic E-state index is 13.6. The van der Waals surface area contributed by atoms with Gasteiger partial charge in [-0.15, -0.1) is 0 Å².